The lowest BCUT2D eigenvalue weighted by Gasteiger charge is -2.40. The third-order valence-electron chi connectivity index (χ3n) is 6.57. The number of benzene rings is 3. The van der Waals surface area contributed by atoms with Crippen molar-refractivity contribution < 1.29 is 4.79 Å². The lowest BCUT2D eigenvalue weighted by atomic mass is 10.0. The summed E-state index contributed by atoms with van der Waals surface area (Å²) in [5, 5.41) is 3.48. The number of H-pyrrole nitrogens is 1. The summed E-state index contributed by atoms with van der Waals surface area (Å²) in [7, 11) is 0. The average molecular weight is 468 g/mol. The maximum atomic E-state index is 13.2. The second-order valence-electron chi connectivity index (χ2n) is 8.85. The molecule has 2 aromatic heterocycles. The Morgan fingerprint density at radius 1 is 1.06 bits per heavy atom. The van der Waals surface area contributed by atoms with Gasteiger partial charge in [-0.2, -0.15) is 0 Å². The molecule has 0 radical (unpaired) electrons. The van der Waals surface area contributed by atoms with Crippen molar-refractivity contribution in [1.29, 1.82) is 0 Å². The molecule has 170 valence electrons. The summed E-state index contributed by atoms with van der Waals surface area (Å²) in [6.45, 7) is 4.39. The van der Waals surface area contributed by atoms with Crippen LogP contribution in [0, 0.1) is 0 Å². The van der Waals surface area contributed by atoms with Gasteiger partial charge in [-0.3, -0.25) is 4.79 Å². The first-order valence-corrected chi connectivity index (χ1v) is 12.4. The smallest absolute Gasteiger partial charge is 0.227 e. The Morgan fingerprint density at radius 2 is 1.88 bits per heavy atom. The summed E-state index contributed by atoms with van der Waals surface area (Å²) in [5.74, 6) is 0.976. The van der Waals surface area contributed by atoms with Crippen LogP contribution >= 0.6 is 11.3 Å². The average Bonchev–Trinajstić information content (AvgIpc) is 3.51. The highest BCUT2D eigenvalue weighted by Gasteiger charge is 2.30. The normalized spacial score (nSPS) is 16.4. The minimum Gasteiger partial charge on any atom is -0.358 e. The van der Waals surface area contributed by atoms with E-state index in [1.165, 1.54) is 10.8 Å². The van der Waals surface area contributed by atoms with E-state index >= 15 is 0 Å². The number of nitrogens with zero attached hydrogens (tertiary/aromatic N) is 4. The molecule has 1 aliphatic rings. The minimum absolute atomic E-state index is 0.118. The number of carbonyl (C=O) groups is 1. The number of aromatic nitrogens is 3. The molecule has 0 spiro atoms. The van der Waals surface area contributed by atoms with E-state index in [0.717, 1.165) is 46.2 Å². The first-order valence-electron chi connectivity index (χ1n) is 11.6. The summed E-state index contributed by atoms with van der Waals surface area (Å²) < 4.78 is 0. The van der Waals surface area contributed by atoms with Crippen LogP contribution in [0.1, 0.15) is 12.5 Å². The zero-order valence-corrected chi connectivity index (χ0v) is 19.8. The predicted molar refractivity (Wildman–Crippen MR) is 138 cm³/mol. The van der Waals surface area contributed by atoms with Gasteiger partial charge in [0, 0.05) is 25.7 Å². The lowest BCUT2D eigenvalue weighted by Crippen LogP contribution is -2.54. The summed E-state index contributed by atoms with van der Waals surface area (Å²) in [5.41, 5.74) is 5.76. The molecular formula is C27H25N5OS. The Balaban J connectivity index is 1.17. The van der Waals surface area contributed by atoms with Crippen molar-refractivity contribution in [2.24, 2.45) is 0 Å². The van der Waals surface area contributed by atoms with E-state index in [2.05, 4.69) is 52.1 Å². The van der Waals surface area contributed by atoms with Crippen LogP contribution in [0.2, 0.25) is 0 Å². The molecule has 6 nitrogen and oxygen atoms in total. The molecule has 0 bridgehead atoms. The number of imidazole rings is 1. The third kappa shape index (κ3) is 3.82. The van der Waals surface area contributed by atoms with Crippen molar-refractivity contribution in [3.8, 4) is 11.5 Å². The number of hydrogen-bond donors (Lipinski definition) is 1. The molecule has 0 saturated carbocycles. The summed E-state index contributed by atoms with van der Waals surface area (Å²) in [6, 6.07) is 22.7. The number of para-hydroxylation sites is 2. The van der Waals surface area contributed by atoms with Crippen molar-refractivity contribution in [2.45, 2.75) is 19.4 Å². The maximum absolute atomic E-state index is 13.2. The molecule has 1 fully saturated rings. The molecule has 1 aliphatic heterocycles. The maximum Gasteiger partial charge on any atom is 0.227 e. The number of nitrogens with one attached hydrogen (secondary N) is 1. The first kappa shape index (κ1) is 20.9. The van der Waals surface area contributed by atoms with E-state index in [0.29, 0.717) is 13.0 Å². The van der Waals surface area contributed by atoms with Gasteiger partial charge in [0.2, 0.25) is 5.91 Å². The first-order chi connectivity index (χ1) is 16.7. The van der Waals surface area contributed by atoms with E-state index in [1.807, 2.05) is 46.8 Å². The zero-order chi connectivity index (χ0) is 23.1. The SMILES string of the molecule is CC1CN(c2scnc2-c2nc3ccccc3[nH]2)CCN1C(=O)Cc1ccc2ccccc2c1. The highest BCUT2D eigenvalue weighted by Crippen LogP contribution is 2.34. The second-order valence-corrected chi connectivity index (χ2v) is 9.68. The second kappa shape index (κ2) is 8.57. The van der Waals surface area contributed by atoms with Crippen LogP contribution in [-0.2, 0) is 11.2 Å². The number of amides is 1. The van der Waals surface area contributed by atoms with Crippen LogP contribution in [0.3, 0.4) is 0 Å². The fourth-order valence-electron chi connectivity index (χ4n) is 4.83. The van der Waals surface area contributed by atoms with Crippen LogP contribution in [0.4, 0.5) is 5.00 Å². The zero-order valence-electron chi connectivity index (χ0n) is 18.9. The number of fused-ring (bicyclic) bond motifs is 2. The van der Waals surface area contributed by atoms with Crippen molar-refractivity contribution in [3.05, 3.63) is 77.8 Å². The molecular weight excluding hydrogens is 442 g/mol. The molecule has 6 rings (SSSR count). The number of aromatic amines is 1. The fourth-order valence-corrected chi connectivity index (χ4v) is 5.66. The van der Waals surface area contributed by atoms with Crippen LogP contribution in [0.25, 0.3) is 33.3 Å². The number of rotatable bonds is 4. The molecule has 1 amide bonds. The monoisotopic (exact) mass is 467 g/mol. The van der Waals surface area contributed by atoms with Crippen molar-refractivity contribution in [1.82, 2.24) is 19.9 Å². The van der Waals surface area contributed by atoms with Gasteiger partial charge < -0.3 is 14.8 Å². The van der Waals surface area contributed by atoms with Crippen LogP contribution in [0.15, 0.2) is 72.2 Å². The molecule has 0 aliphatic carbocycles. The van der Waals surface area contributed by atoms with Gasteiger partial charge in [0.15, 0.2) is 5.82 Å². The third-order valence-corrected chi connectivity index (χ3v) is 7.45. The van der Waals surface area contributed by atoms with E-state index in [9.17, 15) is 4.79 Å². The Kier molecular flexibility index (Phi) is 5.26. The van der Waals surface area contributed by atoms with E-state index < -0.39 is 0 Å². The number of thiazole rings is 1. The molecule has 7 heteroatoms. The molecule has 1 N–H and O–H groups in total. The summed E-state index contributed by atoms with van der Waals surface area (Å²) >= 11 is 1.63. The summed E-state index contributed by atoms with van der Waals surface area (Å²) in [4.78, 5) is 30.3. The number of carbonyl (C=O) groups excluding carboxylic acids is 1. The van der Waals surface area contributed by atoms with Crippen LogP contribution in [0.5, 0.6) is 0 Å². The topological polar surface area (TPSA) is 65.1 Å². The number of piperazine rings is 1. The lowest BCUT2D eigenvalue weighted by molar-refractivity contribution is -0.132. The molecule has 1 unspecified atom stereocenters. The molecule has 3 heterocycles. The Labute approximate surface area is 201 Å². The van der Waals surface area contributed by atoms with Crippen molar-refractivity contribution in [2.75, 3.05) is 24.5 Å². The number of hydrogen-bond acceptors (Lipinski definition) is 5. The van der Waals surface area contributed by atoms with Gasteiger partial charge in [-0.1, -0.05) is 54.6 Å². The van der Waals surface area contributed by atoms with E-state index in [1.54, 1.807) is 11.3 Å². The summed E-state index contributed by atoms with van der Waals surface area (Å²) in [6.07, 6.45) is 0.431. The molecule has 34 heavy (non-hydrogen) atoms. The minimum atomic E-state index is 0.118. The van der Waals surface area contributed by atoms with Gasteiger partial charge in [-0.05, 0) is 35.4 Å². The van der Waals surface area contributed by atoms with Gasteiger partial charge >= 0.3 is 0 Å². The standard InChI is InChI=1S/C27H25N5OS/c1-18-16-31(27-25(28-17-34-27)26-29-22-8-4-5-9-23(22)30-26)12-13-32(18)24(33)15-19-10-11-20-6-2-3-7-21(20)14-19/h2-11,14,17-18H,12-13,15-16H2,1H3,(H,29,30). The molecule has 1 atom stereocenters. The largest absolute Gasteiger partial charge is 0.358 e. The Morgan fingerprint density at radius 3 is 2.74 bits per heavy atom. The van der Waals surface area contributed by atoms with Crippen molar-refractivity contribution >= 4 is 44.1 Å². The van der Waals surface area contributed by atoms with Gasteiger partial charge in [0.25, 0.3) is 0 Å². The van der Waals surface area contributed by atoms with Gasteiger partial charge in [-0.15, -0.1) is 11.3 Å². The Bertz CT molecular complexity index is 1460. The van der Waals surface area contributed by atoms with E-state index in [-0.39, 0.29) is 11.9 Å². The molecule has 1 saturated heterocycles. The van der Waals surface area contributed by atoms with Crippen LogP contribution in [-0.4, -0.2) is 51.4 Å². The van der Waals surface area contributed by atoms with Crippen molar-refractivity contribution in [3.63, 3.8) is 0 Å². The quantitative estimate of drug-likeness (QED) is 0.398. The predicted octanol–water partition coefficient (Wildman–Crippen LogP) is 5.12. The van der Waals surface area contributed by atoms with Gasteiger partial charge in [-0.25, -0.2) is 9.97 Å². The van der Waals surface area contributed by atoms with E-state index in [4.69, 9.17) is 4.98 Å². The number of anilines is 1. The molecule has 5 aromatic rings. The van der Waals surface area contributed by atoms with Gasteiger partial charge in [0.05, 0.1) is 23.0 Å². The highest BCUT2D eigenvalue weighted by atomic mass is 32.1. The fraction of sp³-hybridized carbons (Fsp3) is 0.222. The Hall–Kier alpha value is -3.71. The van der Waals surface area contributed by atoms with Gasteiger partial charge in [0.1, 0.15) is 10.7 Å². The van der Waals surface area contributed by atoms with Crippen LogP contribution < -0.4 is 4.90 Å². The highest BCUT2D eigenvalue weighted by molar-refractivity contribution is 7.14. The molecule has 3 aromatic carbocycles.